The van der Waals surface area contributed by atoms with Crippen LogP contribution in [0, 0.1) is 6.92 Å². The molecule has 3 aromatic heterocycles. The maximum Gasteiger partial charge on any atom is 0.242 e. The number of hydrogen-bond acceptors (Lipinski definition) is 6. The first kappa shape index (κ1) is 23.2. The van der Waals surface area contributed by atoms with Gasteiger partial charge in [-0.05, 0) is 43.2 Å². The molecule has 0 saturated heterocycles. The molecule has 1 aromatic carbocycles. The van der Waals surface area contributed by atoms with Crippen molar-refractivity contribution in [3.8, 4) is 11.3 Å². The molecule has 0 radical (unpaired) electrons. The quantitative estimate of drug-likeness (QED) is 0.423. The second kappa shape index (κ2) is 9.09. The molecule has 3 heterocycles. The van der Waals surface area contributed by atoms with Gasteiger partial charge in [-0.15, -0.1) is 0 Å². The second-order valence-corrected chi connectivity index (χ2v) is 10.4. The van der Waals surface area contributed by atoms with Crippen molar-refractivity contribution in [2.75, 3.05) is 19.4 Å². The molecule has 0 unspecified atom stereocenters. The number of fused-ring (bicyclic) bond motifs is 1. The Bertz CT molecular complexity index is 1430. The van der Waals surface area contributed by atoms with Crippen molar-refractivity contribution in [1.29, 1.82) is 0 Å². The van der Waals surface area contributed by atoms with Crippen molar-refractivity contribution >= 4 is 33.0 Å². The fourth-order valence-corrected chi connectivity index (χ4v) is 4.74. The molecule has 0 spiro atoms. The van der Waals surface area contributed by atoms with Crippen LogP contribution < -0.4 is 5.32 Å². The van der Waals surface area contributed by atoms with Gasteiger partial charge in [-0.1, -0.05) is 30.7 Å². The number of anilines is 1. The Morgan fingerprint density at radius 3 is 2.67 bits per heavy atom. The number of imidazole rings is 1. The van der Waals surface area contributed by atoms with E-state index in [-0.39, 0.29) is 4.90 Å². The highest BCUT2D eigenvalue weighted by Crippen LogP contribution is 2.30. The summed E-state index contributed by atoms with van der Waals surface area (Å²) in [5, 5.41) is 8.15. The summed E-state index contributed by atoms with van der Waals surface area (Å²) in [6.07, 6.45) is 2.67. The maximum atomic E-state index is 12.6. The Labute approximate surface area is 198 Å². The van der Waals surface area contributed by atoms with Crippen molar-refractivity contribution in [2.24, 2.45) is 0 Å². The van der Waals surface area contributed by atoms with Crippen LogP contribution in [0.4, 0.5) is 5.69 Å². The first-order valence-corrected chi connectivity index (χ1v) is 12.3. The predicted molar refractivity (Wildman–Crippen MR) is 130 cm³/mol. The van der Waals surface area contributed by atoms with Crippen LogP contribution in [0.5, 0.6) is 0 Å². The minimum absolute atomic E-state index is 0.198. The summed E-state index contributed by atoms with van der Waals surface area (Å²) in [5.74, 6) is 0. The van der Waals surface area contributed by atoms with Crippen molar-refractivity contribution in [2.45, 2.75) is 31.7 Å². The number of nitrogens with one attached hydrogen (secondary N) is 1. The average Bonchev–Trinajstić information content (AvgIpc) is 3.13. The Kier molecular flexibility index (Phi) is 6.38. The van der Waals surface area contributed by atoms with E-state index in [4.69, 9.17) is 16.6 Å². The van der Waals surface area contributed by atoms with Gasteiger partial charge in [0, 0.05) is 44.2 Å². The number of benzene rings is 1. The lowest BCUT2D eigenvalue weighted by Crippen LogP contribution is -2.22. The van der Waals surface area contributed by atoms with Gasteiger partial charge in [-0.25, -0.2) is 22.2 Å². The average molecular weight is 485 g/mol. The molecule has 33 heavy (non-hydrogen) atoms. The molecule has 0 fully saturated rings. The Hall–Kier alpha value is -3.01. The van der Waals surface area contributed by atoms with Gasteiger partial charge in [0.2, 0.25) is 10.0 Å². The zero-order chi connectivity index (χ0) is 23.8. The fraction of sp³-hybridized carbons (Fsp3) is 0.261. The van der Waals surface area contributed by atoms with Crippen LogP contribution >= 0.6 is 11.6 Å². The number of aromatic nitrogens is 4. The van der Waals surface area contributed by atoms with Crippen LogP contribution in [-0.4, -0.2) is 46.4 Å². The molecule has 4 aromatic rings. The van der Waals surface area contributed by atoms with Gasteiger partial charge in [0.15, 0.2) is 10.8 Å². The molecule has 0 aliphatic heterocycles. The lowest BCUT2D eigenvalue weighted by molar-refractivity contribution is 0.521. The summed E-state index contributed by atoms with van der Waals surface area (Å²) in [7, 11) is -0.564. The summed E-state index contributed by atoms with van der Waals surface area (Å²) in [5.41, 5.74) is 5.55. The van der Waals surface area contributed by atoms with Crippen LogP contribution in [0.25, 0.3) is 16.9 Å². The molecule has 1 N–H and O–H groups in total. The SMILES string of the molecule is CCc1cc(CNc2cc(Cl)nn3c(-c4cccc(S(=O)(=O)N(C)C)c4)c(C)nc23)ccn1. The molecule has 4 rings (SSSR count). The highest BCUT2D eigenvalue weighted by molar-refractivity contribution is 7.89. The molecule has 0 bridgehead atoms. The minimum Gasteiger partial charge on any atom is -0.378 e. The van der Waals surface area contributed by atoms with Gasteiger partial charge < -0.3 is 5.32 Å². The highest BCUT2D eigenvalue weighted by Gasteiger charge is 2.21. The second-order valence-electron chi connectivity index (χ2n) is 7.84. The normalized spacial score (nSPS) is 11.9. The molecular weight excluding hydrogens is 460 g/mol. The third-order valence-electron chi connectivity index (χ3n) is 5.34. The van der Waals surface area contributed by atoms with Crippen LogP contribution in [0.1, 0.15) is 23.9 Å². The van der Waals surface area contributed by atoms with E-state index in [0.29, 0.717) is 34.3 Å². The molecule has 0 saturated carbocycles. The minimum atomic E-state index is -3.58. The van der Waals surface area contributed by atoms with Gasteiger partial charge in [0.05, 0.1) is 22.0 Å². The van der Waals surface area contributed by atoms with Crippen molar-refractivity contribution in [3.63, 3.8) is 0 Å². The van der Waals surface area contributed by atoms with E-state index in [1.54, 1.807) is 35.0 Å². The third-order valence-corrected chi connectivity index (χ3v) is 7.34. The molecule has 0 atom stereocenters. The van der Waals surface area contributed by atoms with Crippen LogP contribution in [0.15, 0.2) is 53.6 Å². The van der Waals surface area contributed by atoms with Gasteiger partial charge >= 0.3 is 0 Å². The van der Waals surface area contributed by atoms with Gasteiger partial charge in [0.1, 0.15) is 0 Å². The Balaban J connectivity index is 1.77. The number of nitrogens with zero attached hydrogens (tertiary/aromatic N) is 5. The van der Waals surface area contributed by atoms with Crippen LogP contribution in [0.2, 0.25) is 5.15 Å². The smallest absolute Gasteiger partial charge is 0.242 e. The first-order valence-electron chi connectivity index (χ1n) is 10.5. The highest BCUT2D eigenvalue weighted by atomic mass is 35.5. The summed E-state index contributed by atoms with van der Waals surface area (Å²) >= 11 is 6.36. The van der Waals surface area contributed by atoms with Gasteiger partial charge in [-0.3, -0.25) is 4.98 Å². The first-order chi connectivity index (χ1) is 15.7. The van der Waals surface area contributed by atoms with Crippen molar-refractivity contribution < 1.29 is 8.42 Å². The fourth-order valence-electron chi connectivity index (χ4n) is 3.60. The van der Waals surface area contributed by atoms with E-state index in [0.717, 1.165) is 23.4 Å². The molecule has 0 aliphatic rings. The van der Waals surface area contributed by atoms with Crippen LogP contribution in [0.3, 0.4) is 0 Å². The summed E-state index contributed by atoms with van der Waals surface area (Å²) in [6, 6.07) is 12.5. The van der Waals surface area contributed by atoms with Crippen LogP contribution in [-0.2, 0) is 23.0 Å². The number of pyridine rings is 1. The molecule has 10 heteroatoms. The zero-order valence-electron chi connectivity index (χ0n) is 18.9. The Morgan fingerprint density at radius 1 is 1.15 bits per heavy atom. The van der Waals surface area contributed by atoms with Gasteiger partial charge in [-0.2, -0.15) is 5.10 Å². The molecule has 172 valence electrons. The standard InChI is InChI=1S/C23H25ClN6O2S/c1-5-18-11-16(9-10-25-18)14-26-20-13-21(24)28-30-22(15(2)27-23(20)30)17-7-6-8-19(12-17)33(31,32)29(3)4/h6-13,26H,5,14H2,1-4H3. The number of halogens is 1. The number of rotatable bonds is 7. The number of aryl methyl sites for hydroxylation is 2. The molecular formula is C23H25ClN6O2S. The van der Waals surface area contributed by atoms with E-state index in [2.05, 4.69) is 28.4 Å². The van der Waals surface area contributed by atoms with Crippen molar-refractivity contribution in [3.05, 3.63) is 70.8 Å². The van der Waals surface area contributed by atoms with Crippen molar-refractivity contribution in [1.82, 2.24) is 23.9 Å². The lowest BCUT2D eigenvalue weighted by Gasteiger charge is -2.13. The van der Waals surface area contributed by atoms with E-state index in [1.807, 2.05) is 19.1 Å². The van der Waals surface area contributed by atoms with E-state index < -0.39 is 10.0 Å². The maximum absolute atomic E-state index is 12.6. The zero-order valence-corrected chi connectivity index (χ0v) is 20.4. The number of hydrogen-bond donors (Lipinski definition) is 1. The monoisotopic (exact) mass is 484 g/mol. The molecule has 0 amide bonds. The molecule has 0 aliphatic carbocycles. The largest absolute Gasteiger partial charge is 0.378 e. The predicted octanol–water partition coefficient (Wildman–Crippen LogP) is 4.18. The molecule has 8 nitrogen and oxygen atoms in total. The third kappa shape index (κ3) is 4.57. The van der Waals surface area contributed by atoms with E-state index in [1.165, 1.54) is 18.4 Å². The number of sulfonamides is 1. The summed E-state index contributed by atoms with van der Waals surface area (Å²) in [6.45, 7) is 4.51. The topological polar surface area (TPSA) is 92.5 Å². The Morgan fingerprint density at radius 2 is 1.94 bits per heavy atom. The summed E-state index contributed by atoms with van der Waals surface area (Å²) < 4.78 is 28.1. The van der Waals surface area contributed by atoms with E-state index in [9.17, 15) is 8.42 Å². The van der Waals surface area contributed by atoms with E-state index >= 15 is 0 Å². The summed E-state index contributed by atoms with van der Waals surface area (Å²) in [4.78, 5) is 9.25. The van der Waals surface area contributed by atoms with Gasteiger partial charge in [0.25, 0.3) is 0 Å². The lowest BCUT2D eigenvalue weighted by atomic mass is 10.1.